The molecule has 16 heavy (non-hydrogen) atoms. The van der Waals surface area contributed by atoms with Crippen molar-refractivity contribution < 1.29 is 9.53 Å². The number of carbonyl (C=O) groups excluding carboxylic acids is 1. The second-order valence-electron chi connectivity index (χ2n) is 3.33. The Balaban J connectivity index is 2.51. The first-order valence-corrected chi connectivity index (χ1v) is 4.82. The molecule has 4 nitrogen and oxygen atoms in total. The molecule has 1 atom stereocenters. The molecule has 1 heterocycles. The van der Waals surface area contributed by atoms with Gasteiger partial charge in [-0.05, 0) is 17.7 Å². The molecule has 0 aromatic heterocycles. The maximum Gasteiger partial charge on any atom is 0.415 e. The maximum atomic E-state index is 11.6. The third kappa shape index (κ3) is 1.52. The van der Waals surface area contributed by atoms with Crippen LogP contribution in [-0.4, -0.2) is 19.2 Å². The Labute approximate surface area is 93.4 Å². The molecular formula is C12H10N2O2. The van der Waals surface area contributed by atoms with Crippen molar-refractivity contribution in [1.82, 2.24) is 0 Å². The van der Waals surface area contributed by atoms with Crippen LogP contribution in [0.15, 0.2) is 30.3 Å². The van der Waals surface area contributed by atoms with Gasteiger partial charge in [0.15, 0.2) is 0 Å². The molecule has 4 heteroatoms. The van der Waals surface area contributed by atoms with Crippen LogP contribution in [0, 0.1) is 11.3 Å². The molecule has 0 bridgehead atoms. The molecular weight excluding hydrogens is 204 g/mol. The van der Waals surface area contributed by atoms with Gasteiger partial charge in [-0.2, -0.15) is 5.26 Å². The lowest BCUT2D eigenvalue weighted by Crippen LogP contribution is -2.40. The van der Waals surface area contributed by atoms with E-state index in [0.29, 0.717) is 5.69 Å². The summed E-state index contributed by atoms with van der Waals surface area (Å²) in [6, 6.07) is 8.82. The van der Waals surface area contributed by atoms with E-state index in [9.17, 15) is 4.79 Å². The molecule has 0 aliphatic carbocycles. The normalized spacial score (nSPS) is 17.5. The fraction of sp³-hybridized carbons (Fsp3) is 0.167. The average molecular weight is 214 g/mol. The van der Waals surface area contributed by atoms with Crippen LogP contribution < -0.4 is 4.90 Å². The first-order chi connectivity index (χ1) is 7.77. The topological polar surface area (TPSA) is 53.3 Å². The number of fused-ring (bicyclic) bond motifs is 1. The third-order valence-corrected chi connectivity index (χ3v) is 2.44. The van der Waals surface area contributed by atoms with Crippen molar-refractivity contribution in [2.45, 2.75) is 6.04 Å². The molecule has 1 aliphatic heterocycles. The van der Waals surface area contributed by atoms with Gasteiger partial charge in [-0.25, -0.2) is 4.79 Å². The van der Waals surface area contributed by atoms with Gasteiger partial charge in [0.1, 0.15) is 6.04 Å². The van der Waals surface area contributed by atoms with Gasteiger partial charge in [0.2, 0.25) is 0 Å². The highest BCUT2D eigenvalue weighted by atomic mass is 16.5. The molecule has 0 fully saturated rings. The van der Waals surface area contributed by atoms with Crippen molar-refractivity contribution in [3.8, 4) is 6.07 Å². The minimum atomic E-state index is -0.609. The molecule has 1 aromatic carbocycles. The van der Waals surface area contributed by atoms with Gasteiger partial charge in [0, 0.05) is 0 Å². The highest BCUT2D eigenvalue weighted by Crippen LogP contribution is 2.28. The fourth-order valence-corrected chi connectivity index (χ4v) is 1.69. The Morgan fingerprint density at radius 3 is 2.94 bits per heavy atom. The lowest BCUT2D eigenvalue weighted by atomic mass is 10.0. The van der Waals surface area contributed by atoms with Gasteiger partial charge in [-0.15, -0.1) is 0 Å². The van der Waals surface area contributed by atoms with E-state index in [0.717, 1.165) is 5.56 Å². The largest absolute Gasteiger partial charge is 0.452 e. The Morgan fingerprint density at radius 1 is 1.50 bits per heavy atom. The van der Waals surface area contributed by atoms with E-state index >= 15 is 0 Å². The first kappa shape index (κ1) is 10.2. The number of hydrogen-bond donors (Lipinski definition) is 0. The van der Waals surface area contributed by atoms with E-state index in [1.54, 1.807) is 12.1 Å². The van der Waals surface area contributed by atoms with E-state index in [2.05, 4.69) is 4.74 Å². The van der Waals surface area contributed by atoms with Gasteiger partial charge in [-0.3, -0.25) is 4.90 Å². The summed E-state index contributed by atoms with van der Waals surface area (Å²) in [5.41, 5.74) is 1.60. The lowest BCUT2D eigenvalue weighted by molar-refractivity contribution is 0.178. The number of benzene rings is 1. The molecule has 80 valence electrons. The van der Waals surface area contributed by atoms with Crippen LogP contribution in [0.5, 0.6) is 0 Å². The van der Waals surface area contributed by atoms with Crippen molar-refractivity contribution >= 4 is 17.9 Å². The molecule has 1 aromatic rings. The smallest absolute Gasteiger partial charge is 0.415 e. The Hall–Kier alpha value is -2.28. The highest BCUT2D eigenvalue weighted by molar-refractivity contribution is 5.94. The molecule has 0 unspecified atom stereocenters. The number of nitrogens with zero attached hydrogens (tertiary/aromatic N) is 2. The van der Waals surface area contributed by atoms with Crippen LogP contribution in [0.2, 0.25) is 0 Å². The monoisotopic (exact) mass is 214 g/mol. The first-order valence-electron chi connectivity index (χ1n) is 4.82. The van der Waals surface area contributed by atoms with Crippen molar-refractivity contribution in [2.75, 3.05) is 12.0 Å². The highest BCUT2D eigenvalue weighted by Gasteiger charge is 2.28. The van der Waals surface area contributed by atoms with Gasteiger partial charge in [-0.1, -0.05) is 24.3 Å². The summed E-state index contributed by atoms with van der Waals surface area (Å²) in [5.74, 6) is 0. The van der Waals surface area contributed by atoms with Gasteiger partial charge >= 0.3 is 6.09 Å². The number of methoxy groups -OCH3 is 1. The SMILES string of the molecule is COC(=O)N1c2ccccc2C=C[C@@H]1C#N. The van der Waals surface area contributed by atoms with Crippen LogP contribution in [0.25, 0.3) is 6.08 Å². The Kier molecular flexibility index (Phi) is 2.61. The van der Waals surface area contributed by atoms with Crippen LogP contribution in [0.4, 0.5) is 10.5 Å². The number of nitriles is 1. The third-order valence-electron chi connectivity index (χ3n) is 2.44. The number of rotatable bonds is 0. The zero-order valence-corrected chi connectivity index (χ0v) is 8.75. The van der Waals surface area contributed by atoms with Gasteiger partial charge in [0.25, 0.3) is 0 Å². The van der Waals surface area contributed by atoms with E-state index in [1.165, 1.54) is 12.0 Å². The second kappa shape index (κ2) is 4.07. The molecule has 0 N–H and O–H groups in total. The van der Waals surface area contributed by atoms with Gasteiger partial charge in [0.05, 0.1) is 18.9 Å². The molecule has 1 amide bonds. The van der Waals surface area contributed by atoms with Crippen LogP contribution in [0.3, 0.4) is 0 Å². The van der Waals surface area contributed by atoms with Crippen LogP contribution in [-0.2, 0) is 4.74 Å². The number of para-hydroxylation sites is 1. The second-order valence-corrected chi connectivity index (χ2v) is 3.33. The summed E-state index contributed by atoms with van der Waals surface area (Å²) >= 11 is 0. The van der Waals surface area contributed by atoms with Crippen LogP contribution >= 0.6 is 0 Å². The predicted octanol–water partition coefficient (Wildman–Crippen LogP) is 2.18. The summed E-state index contributed by atoms with van der Waals surface area (Å²) in [7, 11) is 1.30. The lowest BCUT2D eigenvalue weighted by Gasteiger charge is -2.28. The molecule has 0 radical (unpaired) electrons. The van der Waals surface area contributed by atoms with E-state index in [-0.39, 0.29) is 0 Å². The summed E-state index contributed by atoms with van der Waals surface area (Å²) in [5, 5.41) is 8.98. The summed E-state index contributed by atoms with van der Waals surface area (Å²) in [6.45, 7) is 0. The molecule has 2 rings (SSSR count). The van der Waals surface area contributed by atoms with E-state index < -0.39 is 12.1 Å². The van der Waals surface area contributed by atoms with Crippen molar-refractivity contribution in [2.24, 2.45) is 0 Å². The summed E-state index contributed by atoms with van der Waals surface area (Å²) in [6.07, 6.45) is 2.99. The number of amides is 1. The maximum absolute atomic E-state index is 11.6. The number of ether oxygens (including phenoxy) is 1. The number of hydrogen-bond acceptors (Lipinski definition) is 3. The zero-order chi connectivity index (χ0) is 11.5. The van der Waals surface area contributed by atoms with Gasteiger partial charge < -0.3 is 4.74 Å². The minimum absolute atomic E-state index is 0.525. The fourth-order valence-electron chi connectivity index (χ4n) is 1.69. The molecule has 0 spiro atoms. The summed E-state index contributed by atoms with van der Waals surface area (Å²) < 4.78 is 4.68. The predicted molar refractivity (Wildman–Crippen MR) is 59.8 cm³/mol. The van der Waals surface area contributed by atoms with Crippen molar-refractivity contribution in [3.63, 3.8) is 0 Å². The van der Waals surface area contributed by atoms with Crippen molar-refractivity contribution in [3.05, 3.63) is 35.9 Å². The molecule has 1 aliphatic rings. The number of carbonyl (C=O) groups is 1. The average Bonchev–Trinajstić information content (AvgIpc) is 2.36. The molecule has 0 saturated heterocycles. The van der Waals surface area contributed by atoms with E-state index in [4.69, 9.17) is 5.26 Å². The van der Waals surface area contributed by atoms with Crippen molar-refractivity contribution in [1.29, 1.82) is 5.26 Å². The standard InChI is InChI=1S/C12H10N2O2/c1-16-12(15)14-10(8-13)7-6-9-4-2-3-5-11(9)14/h2-7,10H,1H3/t10-/m1/s1. The Morgan fingerprint density at radius 2 is 2.25 bits per heavy atom. The Bertz CT molecular complexity index is 488. The van der Waals surface area contributed by atoms with E-state index in [1.807, 2.05) is 30.3 Å². The quantitative estimate of drug-likeness (QED) is 0.665. The minimum Gasteiger partial charge on any atom is -0.452 e. The zero-order valence-electron chi connectivity index (χ0n) is 8.75. The summed E-state index contributed by atoms with van der Waals surface area (Å²) in [4.78, 5) is 13.0. The molecule has 0 saturated carbocycles. The number of anilines is 1. The van der Waals surface area contributed by atoms with Crippen LogP contribution in [0.1, 0.15) is 5.56 Å².